The minimum atomic E-state index is -0.936. The van der Waals surface area contributed by atoms with E-state index in [0.29, 0.717) is 5.56 Å². The number of rotatable bonds is 2. The van der Waals surface area contributed by atoms with Gasteiger partial charge in [-0.3, -0.25) is 0 Å². The molecule has 0 fully saturated rings. The molecule has 2 aromatic carbocycles. The molecule has 0 radical (unpaired) electrons. The molecule has 0 N–H and O–H groups in total. The predicted octanol–water partition coefficient (Wildman–Crippen LogP) is 6.32. The largest absolute Gasteiger partial charge is 0.204 e. The minimum Gasteiger partial charge on any atom is -0.204 e. The van der Waals surface area contributed by atoms with Gasteiger partial charge in [0, 0.05) is 9.72 Å². The van der Waals surface area contributed by atoms with Crippen molar-refractivity contribution in [3.8, 4) is 0 Å². The number of alkyl halides is 1. The Balaban J connectivity index is 2.13. The fourth-order valence-corrected chi connectivity index (χ4v) is 4.41. The van der Waals surface area contributed by atoms with Crippen LogP contribution in [0.2, 0.25) is 5.02 Å². The first kappa shape index (κ1) is 14.0. The molecular weight excluding hydrogens is 366 g/mol. The topological polar surface area (TPSA) is 0 Å². The molecule has 5 heteroatoms. The SMILES string of the molecule is Fc1cc(Cl)c(C(Br)c2csc3ccccc23)cc1F. The van der Waals surface area contributed by atoms with E-state index in [1.807, 2.05) is 29.6 Å². The Morgan fingerprint density at radius 2 is 1.75 bits per heavy atom. The molecule has 1 heterocycles. The molecule has 0 spiro atoms. The quantitative estimate of drug-likeness (QED) is 0.364. The van der Waals surface area contributed by atoms with Gasteiger partial charge in [-0.1, -0.05) is 45.7 Å². The monoisotopic (exact) mass is 372 g/mol. The van der Waals surface area contributed by atoms with Gasteiger partial charge in [-0.15, -0.1) is 11.3 Å². The maximum atomic E-state index is 13.4. The van der Waals surface area contributed by atoms with Gasteiger partial charge in [0.15, 0.2) is 11.6 Å². The molecule has 1 atom stereocenters. The van der Waals surface area contributed by atoms with E-state index < -0.39 is 11.6 Å². The van der Waals surface area contributed by atoms with Gasteiger partial charge in [0.1, 0.15) is 0 Å². The van der Waals surface area contributed by atoms with Crippen molar-refractivity contribution in [3.63, 3.8) is 0 Å². The highest BCUT2D eigenvalue weighted by Gasteiger charge is 2.19. The van der Waals surface area contributed by atoms with E-state index in [4.69, 9.17) is 11.6 Å². The van der Waals surface area contributed by atoms with Gasteiger partial charge in [0.2, 0.25) is 0 Å². The molecule has 20 heavy (non-hydrogen) atoms. The van der Waals surface area contributed by atoms with Crippen LogP contribution >= 0.6 is 38.9 Å². The van der Waals surface area contributed by atoms with Gasteiger partial charge in [-0.25, -0.2) is 8.78 Å². The molecule has 3 rings (SSSR count). The molecule has 0 amide bonds. The Morgan fingerprint density at radius 3 is 2.55 bits per heavy atom. The average Bonchev–Trinajstić information content (AvgIpc) is 2.86. The molecular formula is C15H8BrClF2S. The molecule has 102 valence electrons. The minimum absolute atomic E-state index is 0.209. The summed E-state index contributed by atoms with van der Waals surface area (Å²) in [6.45, 7) is 0. The Bertz CT molecular complexity index is 785. The summed E-state index contributed by atoms with van der Waals surface area (Å²) >= 11 is 11.2. The van der Waals surface area contributed by atoms with Gasteiger partial charge in [0.25, 0.3) is 0 Å². The lowest BCUT2D eigenvalue weighted by molar-refractivity contribution is 0.507. The van der Waals surface area contributed by atoms with E-state index >= 15 is 0 Å². The summed E-state index contributed by atoms with van der Waals surface area (Å²) < 4.78 is 27.7. The predicted molar refractivity (Wildman–Crippen MR) is 84.0 cm³/mol. The summed E-state index contributed by atoms with van der Waals surface area (Å²) in [5.74, 6) is -1.83. The van der Waals surface area contributed by atoms with Gasteiger partial charge in [-0.2, -0.15) is 0 Å². The highest BCUT2D eigenvalue weighted by atomic mass is 79.9. The molecule has 0 aliphatic rings. The highest BCUT2D eigenvalue weighted by Crippen LogP contribution is 2.41. The van der Waals surface area contributed by atoms with Crippen molar-refractivity contribution in [1.82, 2.24) is 0 Å². The van der Waals surface area contributed by atoms with Crippen LogP contribution in [-0.4, -0.2) is 0 Å². The maximum absolute atomic E-state index is 13.4. The van der Waals surface area contributed by atoms with E-state index in [9.17, 15) is 8.78 Å². The summed E-state index contributed by atoms with van der Waals surface area (Å²) in [5.41, 5.74) is 1.52. The van der Waals surface area contributed by atoms with Crippen LogP contribution in [0.15, 0.2) is 41.8 Å². The van der Waals surface area contributed by atoms with E-state index in [0.717, 1.165) is 27.8 Å². The number of fused-ring (bicyclic) bond motifs is 1. The molecule has 0 saturated heterocycles. The van der Waals surface area contributed by atoms with E-state index in [1.165, 1.54) is 0 Å². The third-order valence-electron chi connectivity index (χ3n) is 3.10. The first-order chi connectivity index (χ1) is 9.58. The Kier molecular flexibility index (Phi) is 3.80. The summed E-state index contributed by atoms with van der Waals surface area (Å²) in [4.78, 5) is -0.277. The lowest BCUT2D eigenvalue weighted by Crippen LogP contribution is -1.96. The van der Waals surface area contributed by atoms with Crippen LogP contribution in [-0.2, 0) is 0 Å². The van der Waals surface area contributed by atoms with Crippen LogP contribution in [0.4, 0.5) is 8.78 Å². The summed E-state index contributed by atoms with van der Waals surface area (Å²) in [5, 5.41) is 3.29. The fraction of sp³-hybridized carbons (Fsp3) is 0.0667. The van der Waals surface area contributed by atoms with Crippen molar-refractivity contribution >= 4 is 49.0 Å². The molecule has 0 bridgehead atoms. The van der Waals surface area contributed by atoms with Gasteiger partial charge in [0.05, 0.1) is 4.83 Å². The lowest BCUT2D eigenvalue weighted by atomic mass is 10.0. The molecule has 0 aliphatic carbocycles. The fourth-order valence-electron chi connectivity index (χ4n) is 2.09. The van der Waals surface area contributed by atoms with Crippen LogP contribution in [0.25, 0.3) is 10.1 Å². The second-order valence-corrected chi connectivity index (χ2v) is 6.57. The number of thiophene rings is 1. The maximum Gasteiger partial charge on any atom is 0.160 e. The third-order valence-corrected chi connectivity index (χ3v) is 5.39. The van der Waals surface area contributed by atoms with Crippen molar-refractivity contribution in [2.45, 2.75) is 4.83 Å². The van der Waals surface area contributed by atoms with Crippen molar-refractivity contribution in [1.29, 1.82) is 0 Å². The van der Waals surface area contributed by atoms with E-state index in [2.05, 4.69) is 15.9 Å². The molecule has 0 saturated carbocycles. The number of hydrogen-bond donors (Lipinski definition) is 0. The van der Waals surface area contributed by atoms with Crippen molar-refractivity contribution in [3.05, 3.63) is 69.6 Å². The normalized spacial score (nSPS) is 12.8. The smallest absolute Gasteiger partial charge is 0.160 e. The number of hydrogen-bond acceptors (Lipinski definition) is 1. The highest BCUT2D eigenvalue weighted by molar-refractivity contribution is 9.09. The van der Waals surface area contributed by atoms with Gasteiger partial charge < -0.3 is 0 Å². The zero-order chi connectivity index (χ0) is 14.3. The molecule has 1 unspecified atom stereocenters. The molecule has 0 aliphatic heterocycles. The van der Waals surface area contributed by atoms with Crippen molar-refractivity contribution < 1.29 is 8.78 Å². The van der Waals surface area contributed by atoms with Crippen molar-refractivity contribution in [2.75, 3.05) is 0 Å². The number of halogens is 4. The molecule has 3 aromatic rings. The van der Waals surface area contributed by atoms with Crippen LogP contribution in [0.3, 0.4) is 0 Å². The molecule has 0 nitrogen and oxygen atoms in total. The van der Waals surface area contributed by atoms with Crippen LogP contribution in [0.1, 0.15) is 16.0 Å². The summed E-state index contributed by atoms with van der Waals surface area (Å²) in [7, 11) is 0. The molecule has 1 aromatic heterocycles. The first-order valence-corrected chi connectivity index (χ1v) is 8.00. The average molecular weight is 374 g/mol. The van der Waals surface area contributed by atoms with Crippen LogP contribution < -0.4 is 0 Å². The second-order valence-electron chi connectivity index (χ2n) is 4.34. The van der Waals surface area contributed by atoms with Crippen molar-refractivity contribution in [2.24, 2.45) is 0 Å². The lowest BCUT2D eigenvalue weighted by Gasteiger charge is -2.12. The number of benzene rings is 2. The third kappa shape index (κ3) is 2.36. The summed E-state index contributed by atoms with van der Waals surface area (Å²) in [6.07, 6.45) is 0. The van der Waals surface area contributed by atoms with Crippen LogP contribution in [0.5, 0.6) is 0 Å². The Morgan fingerprint density at radius 1 is 1.05 bits per heavy atom. The summed E-state index contributed by atoms with van der Waals surface area (Å²) in [6, 6.07) is 10.1. The second kappa shape index (κ2) is 5.43. The Hall–Kier alpha value is -0.970. The van der Waals surface area contributed by atoms with Gasteiger partial charge in [-0.05, 0) is 40.1 Å². The van der Waals surface area contributed by atoms with E-state index in [-0.39, 0.29) is 9.85 Å². The van der Waals surface area contributed by atoms with E-state index in [1.54, 1.807) is 11.3 Å². The van der Waals surface area contributed by atoms with Gasteiger partial charge >= 0.3 is 0 Å². The zero-order valence-corrected chi connectivity index (χ0v) is 13.2. The first-order valence-electron chi connectivity index (χ1n) is 5.82. The Labute approximate surface area is 132 Å². The van der Waals surface area contributed by atoms with Crippen LogP contribution in [0, 0.1) is 11.6 Å². The standard InChI is InChI=1S/C15H8BrClF2S/c16-15(9-5-12(18)13(19)6-11(9)17)10-7-20-14-4-2-1-3-8(10)14/h1-7,15H. The zero-order valence-electron chi connectivity index (χ0n) is 10.0.